The highest BCUT2D eigenvalue weighted by atomic mass is 16.2. The summed E-state index contributed by atoms with van der Waals surface area (Å²) in [4.78, 5) is 0. The van der Waals surface area contributed by atoms with Gasteiger partial charge in [-0.3, -0.25) is 0 Å². The molecular weight excluding hydrogens is 112 g/mol. The van der Waals surface area contributed by atoms with E-state index in [1.165, 1.54) is 0 Å². The van der Waals surface area contributed by atoms with Crippen LogP contribution in [-0.4, -0.2) is 11.7 Å². The summed E-state index contributed by atoms with van der Waals surface area (Å²) in [6, 6.07) is 0. The van der Waals surface area contributed by atoms with Crippen molar-refractivity contribution in [1.29, 1.82) is 0 Å². The number of allylic oxidation sites excluding steroid dienone is 3. The van der Waals surface area contributed by atoms with Crippen molar-refractivity contribution in [2.75, 3.05) is 6.61 Å². The summed E-state index contributed by atoms with van der Waals surface area (Å²) in [7, 11) is 0. The first-order chi connectivity index (χ1) is 4.27. The van der Waals surface area contributed by atoms with E-state index in [2.05, 4.69) is 6.58 Å². The predicted octanol–water partition coefficient (Wildman–Crippen LogP) is 1.89. The minimum atomic E-state index is 0.278. The molecule has 1 heteroatoms. The molecule has 0 aliphatic carbocycles. The lowest BCUT2D eigenvalue weighted by atomic mass is 10.2. The highest BCUT2D eigenvalue weighted by molar-refractivity contribution is 5.10. The van der Waals surface area contributed by atoms with Gasteiger partial charge >= 0.3 is 0 Å². The lowest BCUT2D eigenvalue weighted by Crippen LogP contribution is -1.78. The Labute approximate surface area is 56.7 Å². The van der Waals surface area contributed by atoms with Crippen molar-refractivity contribution in [2.45, 2.75) is 19.8 Å². The molecule has 0 rings (SSSR count). The molecule has 0 radical (unpaired) electrons. The molecular formula is C8H14O. The minimum absolute atomic E-state index is 0.278. The fourth-order valence-electron chi connectivity index (χ4n) is 0.494. The molecule has 1 nitrogen and oxygen atoms in total. The van der Waals surface area contributed by atoms with Gasteiger partial charge in [0, 0.05) is 6.61 Å². The van der Waals surface area contributed by atoms with E-state index in [9.17, 15) is 0 Å². The highest BCUT2D eigenvalue weighted by Gasteiger charge is 1.77. The molecule has 0 amide bonds. The third-order valence-electron chi connectivity index (χ3n) is 0.931. The fraction of sp³-hybridized carbons (Fsp3) is 0.500. The molecule has 0 atom stereocenters. The standard InChI is InChI=1S/C8H14O/c1-8(2)6-4-3-5-7-9/h4,6,9H,1,3,5,7H2,2H3/b6-4+. The normalized spacial score (nSPS) is 10.4. The molecule has 0 fully saturated rings. The van der Waals surface area contributed by atoms with Crippen molar-refractivity contribution in [3.63, 3.8) is 0 Å². The van der Waals surface area contributed by atoms with Crippen molar-refractivity contribution >= 4 is 0 Å². The maximum absolute atomic E-state index is 8.38. The van der Waals surface area contributed by atoms with Crippen LogP contribution >= 0.6 is 0 Å². The number of hydrogen-bond donors (Lipinski definition) is 1. The Morgan fingerprint density at radius 1 is 1.67 bits per heavy atom. The van der Waals surface area contributed by atoms with Crippen LogP contribution in [0.4, 0.5) is 0 Å². The van der Waals surface area contributed by atoms with Crippen molar-refractivity contribution in [2.24, 2.45) is 0 Å². The molecule has 0 aromatic heterocycles. The molecule has 9 heavy (non-hydrogen) atoms. The minimum Gasteiger partial charge on any atom is -0.396 e. The maximum Gasteiger partial charge on any atom is 0.0433 e. The van der Waals surface area contributed by atoms with E-state index in [1.807, 2.05) is 19.1 Å². The summed E-state index contributed by atoms with van der Waals surface area (Å²) in [6.07, 6.45) is 5.79. The summed E-state index contributed by atoms with van der Waals surface area (Å²) >= 11 is 0. The first kappa shape index (κ1) is 8.44. The van der Waals surface area contributed by atoms with Crippen molar-refractivity contribution in [1.82, 2.24) is 0 Å². The lowest BCUT2D eigenvalue weighted by Gasteiger charge is -1.87. The van der Waals surface area contributed by atoms with Gasteiger partial charge in [-0.2, -0.15) is 0 Å². The Balaban J connectivity index is 3.15. The van der Waals surface area contributed by atoms with E-state index >= 15 is 0 Å². The van der Waals surface area contributed by atoms with Gasteiger partial charge in [-0.25, -0.2) is 0 Å². The Morgan fingerprint density at radius 2 is 2.33 bits per heavy atom. The van der Waals surface area contributed by atoms with Crippen molar-refractivity contribution < 1.29 is 5.11 Å². The van der Waals surface area contributed by atoms with Gasteiger partial charge in [0.15, 0.2) is 0 Å². The average molecular weight is 126 g/mol. The highest BCUT2D eigenvalue weighted by Crippen LogP contribution is 1.93. The first-order valence-electron chi connectivity index (χ1n) is 3.20. The van der Waals surface area contributed by atoms with Gasteiger partial charge in [0.1, 0.15) is 0 Å². The quantitative estimate of drug-likeness (QED) is 0.450. The van der Waals surface area contributed by atoms with E-state index in [4.69, 9.17) is 5.11 Å². The van der Waals surface area contributed by atoms with Crippen LogP contribution in [0.2, 0.25) is 0 Å². The summed E-state index contributed by atoms with van der Waals surface area (Å²) < 4.78 is 0. The van der Waals surface area contributed by atoms with Crippen LogP contribution in [-0.2, 0) is 0 Å². The van der Waals surface area contributed by atoms with E-state index in [-0.39, 0.29) is 6.61 Å². The molecule has 1 N–H and O–H groups in total. The van der Waals surface area contributed by atoms with Crippen LogP contribution in [0, 0.1) is 0 Å². The van der Waals surface area contributed by atoms with E-state index < -0.39 is 0 Å². The zero-order valence-corrected chi connectivity index (χ0v) is 5.93. The average Bonchev–Trinajstić information content (AvgIpc) is 1.80. The maximum atomic E-state index is 8.38. The van der Waals surface area contributed by atoms with Crippen LogP contribution in [0.15, 0.2) is 24.3 Å². The lowest BCUT2D eigenvalue weighted by molar-refractivity contribution is 0.289. The number of rotatable bonds is 4. The largest absolute Gasteiger partial charge is 0.396 e. The second-order valence-electron chi connectivity index (χ2n) is 2.11. The summed E-state index contributed by atoms with van der Waals surface area (Å²) in [5.74, 6) is 0. The molecule has 0 unspecified atom stereocenters. The molecule has 0 aromatic carbocycles. The van der Waals surface area contributed by atoms with Crippen LogP contribution in [0.1, 0.15) is 19.8 Å². The summed E-state index contributed by atoms with van der Waals surface area (Å²) in [5, 5.41) is 8.38. The number of hydrogen-bond acceptors (Lipinski definition) is 1. The second-order valence-corrected chi connectivity index (χ2v) is 2.11. The Bertz CT molecular complexity index is 103. The van der Waals surface area contributed by atoms with Gasteiger partial charge < -0.3 is 5.11 Å². The predicted molar refractivity (Wildman–Crippen MR) is 40.3 cm³/mol. The van der Waals surface area contributed by atoms with Crippen LogP contribution in [0.3, 0.4) is 0 Å². The van der Waals surface area contributed by atoms with E-state index in [0.29, 0.717) is 0 Å². The molecule has 0 aliphatic rings. The van der Waals surface area contributed by atoms with Crippen molar-refractivity contribution in [3.8, 4) is 0 Å². The number of aliphatic hydroxyl groups excluding tert-OH is 1. The van der Waals surface area contributed by atoms with Gasteiger partial charge in [-0.1, -0.05) is 24.3 Å². The molecule has 0 saturated carbocycles. The summed E-state index contributed by atoms with van der Waals surface area (Å²) in [5.41, 5.74) is 1.06. The fourth-order valence-corrected chi connectivity index (χ4v) is 0.494. The topological polar surface area (TPSA) is 20.2 Å². The Morgan fingerprint density at radius 3 is 2.78 bits per heavy atom. The third-order valence-corrected chi connectivity index (χ3v) is 0.931. The van der Waals surface area contributed by atoms with Gasteiger partial charge in [0.05, 0.1) is 0 Å². The van der Waals surface area contributed by atoms with Crippen LogP contribution < -0.4 is 0 Å². The SMILES string of the molecule is C=C(C)/C=C/CCCO. The Kier molecular flexibility index (Phi) is 5.23. The first-order valence-corrected chi connectivity index (χ1v) is 3.20. The smallest absolute Gasteiger partial charge is 0.0433 e. The number of aliphatic hydroxyl groups is 1. The van der Waals surface area contributed by atoms with Gasteiger partial charge in [0.2, 0.25) is 0 Å². The molecule has 0 saturated heterocycles. The molecule has 0 heterocycles. The van der Waals surface area contributed by atoms with Crippen molar-refractivity contribution in [3.05, 3.63) is 24.3 Å². The number of unbranched alkanes of at least 4 members (excludes halogenated alkanes) is 1. The van der Waals surface area contributed by atoms with E-state index in [1.54, 1.807) is 0 Å². The molecule has 0 bridgehead atoms. The second kappa shape index (κ2) is 5.57. The molecule has 52 valence electrons. The van der Waals surface area contributed by atoms with Gasteiger partial charge in [-0.15, -0.1) is 0 Å². The van der Waals surface area contributed by atoms with E-state index in [0.717, 1.165) is 18.4 Å². The van der Waals surface area contributed by atoms with Crippen LogP contribution in [0.5, 0.6) is 0 Å². The van der Waals surface area contributed by atoms with Gasteiger partial charge in [-0.05, 0) is 19.8 Å². The van der Waals surface area contributed by atoms with Gasteiger partial charge in [0.25, 0.3) is 0 Å². The van der Waals surface area contributed by atoms with Crippen LogP contribution in [0.25, 0.3) is 0 Å². The molecule has 0 aliphatic heterocycles. The zero-order chi connectivity index (χ0) is 7.11. The Hall–Kier alpha value is -0.560. The molecule has 0 aromatic rings. The summed E-state index contributed by atoms with van der Waals surface area (Å²) in [6.45, 7) is 5.94. The monoisotopic (exact) mass is 126 g/mol. The molecule has 0 spiro atoms. The zero-order valence-electron chi connectivity index (χ0n) is 5.93. The third kappa shape index (κ3) is 7.44.